The first-order valence-electron chi connectivity index (χ1n) is 4.97. The van der Waals surface area contributed by atoms with Gasteiger partial charge in [-0.15, -0.1) is 0 Å². The van der Waals surface area contributed by atoms with Gasteiger partial charge < -0.3 is 10.6 Å². The van der Waals surface area contributed by atoms with Crippen molar-refractivity contribution >= 4 is 22.5 Å². The fourth-order valence-electron chi connectivity index (χ4n) is 1.11. The molecule has 0 aliphatic carbocycles. The molecule has 0 saturated heterocycles. The average Bonchev–Trinajstić information content (AvgIpc) is 2.29. The van der Waals surface area contributed by atoms with Crippen LogP contribution in [0.3, 0.4) is 0 Å². The number of amides is 2. The van der Waals surface area contributed by atoms with E-state index in [1.807, 2.05) is 6.07 Å². The van der Waals surface area contributed by atoms with Crippen LogP contribution in [0.5, 0.6) is 0 Å². The normalized spacial score (nSPS) is 11.3. The van der Waals surface area contributed by atoms with Crippen molar-refractivity contribution in [2.45, 2.75) is 0 Å². The Labute approximate surface area is 102 Å². The number of nitrogens with zero attached hydrogens (tertiary/aromatic N) is 1. The van der Waals surface area contributed by atoms with Gasteiger partial charge in [-0.05, 0) is 24.3 Å². The van der Waals surface area contributed by atoms with Gasteiger partial charge in [0, 0.05) is 35.0 Å². The molecule has 0 radical (unpaired) electrons. The minimum atomic E-state index is -0.911. The van der Waals surface area contributed by atoms with Crippen molar-refractivity contribution < 1.29 is 9.00 Å². The van der Waals surface area contributed by atoms with Crippen LogP contribution in [0.15, 0.2) is 24.3 Å². The van der Waals surface area contributed by atoms with Crippen molar-refractivity contribution in [1.29, 1.82) is 5.26 Å². The Kier molecular flexibility index (Phi) is 5.17. The molecule has 1 atom stereocenters. The smallest absolute Gasteiger partial charge is 0.319 e. The molecule has 0 heterocycles. The third-order valence-corrected chi connectivity index (χ3v) is 2.73. The molecule has 0 fully saturated rings. The summed E-state index contributed by atoms with van der Waals surface area (Å²) in [6.45, 7) is 0.366. The predicted octanol–water partition coefficient (Wildman–Crippen LogP) is 1.06. The highest BCUT2D eigenvalue weighted by Crippen LogP contribution is 2.08. The zero-order valence-electron chi connectivity index (χ0n) is 9.40. The first kappa shape index (κ1) is 13.2. The van der Waals surface area contributed by atoms with Gasteiger partial charge in [-0.25, -0.2) is 4.79 Å². The van der Waals surface area contributed by atoms with Crippen LogP contribution in [-0.2, 0) is 10.8 Å². The van der Waals surface area contributed by atoms with E-state index in [2.05, 4.69) is 10.6 Å². The number of carbonyl (C=O) groups excluding carboxylic acids is 1. The highest BCUT2D eigenvalue weighted by Gasteiger charge is 2.01. The summed E-state index contributed by atoms with van der Waals surface area (Å²) in [5, 5.41) is 13.8. The van der Waals surface area contributed by atoms with Gasteiger partial charge in [0.05, 0.1) is 11.6 Å². The van der Waals surface area contributed by atoms with E-state index in [1.54, 1.807) is 30.5 Å². The molecular weight excluding hydrogens is 238 g/mol. The van der Waals surface area contributed by atoms with Crippen LogP contribution in [-0.4, -0.2) is 28.8 Å². The largest absolute Gasteiger partial charge is 0.337 e. The van der Waals surface area contributed by atoms with E-state index in [-0.39, 0.29) is 6.03 Å². The molecule has 5 nitrogen and oxygen atoms in total. The maximum absolute atomic E-state index is 11.4. The lowest BCUT2D eigenvalue weighted by molar-refractivity contribution is 0.252. The van der Waals surface area contributed by atoms with Crippen LogP contribution >= 0.6 is 0 Å². The van der Waals surface area contributed by atoms with Gasteiger partial charge in [-0.3, -0.25) is 4.21 Å². The molecule has 2 N–H and O–H groups in total. The summed E-state index contributed by atoms with van der Waals surface area (Å²) in [5.74, 6) is 0.431. The molecule has 17 heavy (non-hydrogen) atoms. The third-order valence-electron chi connectivity index (χ3n) is 1.95. The van der Waals surface area contributed by atoms with Crippen LogP contribution in [0.2, 0.25) is 0 Å². The van der Waals surface area contributed by atoms with Crippen LogP contribution in [0.4, 0.5) is 10.5 Å². The Morgan fingerprint density at radius 3 is 2.59 bits per heavy atom. The summed E-state index contributed by atoms with van der Waals surface area (Å²) in [4.78, 5) is 11.4. The number of carbonyl (C=O) groups is 1. The first-order chi connectivity index (χ1) is 8.11. The van der Waals surface area contributed by atoms with E-state index in [1.165, 1.54) is 0 Å². The number of benzene rings is 1. The third kappa shape index (κ3) is 5.13. The van der Waals surface area contributed by atoms with Gasteiger partial charge in [0.1, 0.15) is 0 Å². The van der Waals surface area contributed by atoms with E-state index in [0.29, 0.717) is 23.5 Å². The Bertz CT molecular complexity index is 451. The minimum Gasteiger partial charge on any atom is -0.337 e. The highest BCUT2D eigenvalue weighted by atomic mass is 32.2. The van der Waals surface area contributed by atoms with Gasteiger partial charge in [0.2, 0.25) is 0 Å². The summed E-state index contributed by atoms with van der Waals surface area (Å²) in [7, 11) is -0.911. The molecule has 1 aromatic rings. The number of anilines is 1. The first-order valence-corrected chi connectivity index (χ1v) is 6.69. The van der Waals surface area contributed by atoms with Crippen molar-refractivity contribution in [3.63, 3.8) is 0 Å². The molecule has 1 aromatic carbocycles. The zero-order valence-corrected chi connectivity index (χ0v) is 10.2. The van der Waals surface area contributed by atoms with Gasteiger partial charge in [0.15, 0.2) is 0 Å². The van der Waals surface area contributed by atoms with Gasteiger partial charge in [0.25, 0.3) is 0 Å². The second-order valence-electron chi connectivity index (χ2n) is 3.35. The average molecular weight is 251 g/mol. The number of hydrogen-bond donors (Lipinski definition) is 2. The zero-order chi connectivity index (χ0) is 12.7. The van der Waals surface area contributed by atoms with Crippen molar-refractivity contribution in [2.75, 3.05) is 23.9 Å². The Balaban J connectivity index is 2.40. The van der Waals surface area contributed by atoms with Gasteiger partial charge in [-0.2, -0.15) is 5.26 Å². The summed E-state index contributed by atoms with van der Waals surface area (Å²) >= 11 is 0. The van der Waals surface area contributed by atoms with Crippen molar-refractivity contribution in [1.82, 2.24) is 5.32 Å². The van der Waals surface area contributed by atoms with Crippen molar-refractivity contribution in [2.24, 2.45) is 0 Å². The second kappa shape index (κ2) is 6.66. The Morgan fingerprint density at radius 1 is 1.41 bits per heavy atom. The summed E-state index contributed by atoms with van der Waals surface area (Å²) in [6.07, 6.45) is 1.58. The standard InChI is InChI=1S/C11H13N3O2S/c1-17(16)7-6-13-11(15)14-10-4-2-9(8-12)3-5-10/h2-5H,6-7H2,1H3,(H2,13,14,15)/t17-/m1/s1. The van der Waals surface area contributed by atoms with Crippen molar-refractivity contribution in [3.8, 4) is 6.07 Å². The number of hydrogen-bond acceptors (Lipinski definition) is 3. The van der Waals surface area contributed by atoms with E-state index < -0.39 is 10.8 Å². The molecule has 0 aliphatic heterocycles. The Hall–Kier alpha value is -1.87. The summed E-state index contributed by atoms with van der Waals surface area (Å²) in [6, 6.07) is 8.19. The fourth-order valence-corrected chi connectivity index (χ4v) is 1.50. The molecule has 0 aromatic heterocycles. The number of rotatable bonds is 4. The van der Waals surface area contributed by atoms with Crippen LogP contribution in [0.1, 0.15) is 5.56 Å². The van der Waals surface area contributed by atoms with E-state index in [9.17, 15) is 9.00 Å². The second-order valence-corrected chi connectivity index (χ2v) is 4.90. The van der Waals surface area contributed by atoms with Gasteiger partial charge >= 0.3 is 6.03 Å². The summed E-state index contributed by atoms with van der Waals surface area (Å²) in [5.41, 5.74) is 1.15. The van der Waals surface area contributed by atoms with Crippen LogP contribution < -0.4 is 10.6 Å². The molecule has 2 amide bonds. The van der Waals surface area contributed by atoms with Crippen molar-refractivity contribution in [3.05, 3.63) is 29.8 Å². The summed E-state index contributed by atoms with van der Waals surface area (Å²) < 4.78 is 10.8. The predicted molar refractivity (Wildman–Crippen MR) is 67.1 cm³/mol. The molecule has 6 heteroatoms. The lowest BCUT2D eigenvalue weighted by atomic mass is 10.2. The number of nitrogens with one attached hydrogen (secondary N) is 2. The van der Waals surface area contributed by atoms with E-state index >= 15 is 0 Å². The quantitative estimate of drug-likeness (QED) is 0.839. The molecule has 0 saturated carbocycles. The highest BCUT2D eigenvalue weighted by molar-refractivity contribution is 7.84. The monoisotopic (exact) mass is 251 g/mol. The van der Waals surface area contributed by atoms with E-state index in [4.69, 9.17) is 5.26 Å². The molecule has 90 valence electrons. The topological polar surface area (TPSA) is 82.0 Å². The lowest BCUT2D eigenvalue weighted by Gasteiger charge is -2.06. The Morgan fingerprint density at radius 2 is 2.06 bits per heavy atom. The van der Waals surface area contributed by atoms with Crippen LogP contribution in [0, 0.1) is 11.3 Å². The minimum absolute atomic E-state index is 0.347. The number of urea groups is 1. The molecule has 0 unspecified atom stereocenters. The molecule has 0 bridgehead atoms. The lowest BCUT2D eigenvalue weighted by Crippen LogP contribution is -2.31. The fraction of sp³-hybridized carbons (Fsp3) is 0.273. The number of nitriles is 1. The van der Waals surface area contributed by atoms with E-state index in [0.717, 1.165) is 0 Å². The molecule has 1 rings (SSSR count). The molecular formula is C11H13N3O2S. The maximum atomic E-state index is 11.4. The van der Waals surface area contributed by atoms with Crippen LogP contribution in [0.25, 0.3) is 0 Å². The molecule has 0 spiro atoms. The van der Waals surface area contributed by atoms with Gasteiger partial charge in [-0.1, -0.05) is 0 Å². The molecule has 0 aliphatic rings. The SMILES string of the molecule is C[S@@](=O)CCNC(=O)Nc1ccc(C#N)cc1. The maximum Gasteiger partial charge on any atom is 0.319 e.